The van der Waals surface area contributed by atoms with E-state index in [0.29, 0.717) is 0 Å². The van der Waals surface area contributed by atoms with E-state index >= 15 is 0 Å². The van der Waals surface area contributed by atoms with Crippen LogP contribution in [0.1, 0.15) is 26.3 Å². The fourth-order valence-electron chi connectivity index (χ4n) is 1.11. The number of aromatic nitrogens is 1. The number of carboxylic acid groups (broad SMARTS) is 2. The standard InChI is InChI=1S/C8H8N2O4/c1-3-4(7(11)12)2-10-6(9)5(3)8(13)14/h2H,1H3,(H2,9,10)(H,11,12)(H,13,14). The first-order chi connectivity index (χ1) is 6.45. The number of rotatable bonds is 2. The Labute approximate surface area is 79.0 Å². The van der Waals surface area contributed by atoms with Crippen molar-refractivity contribution in [3.8, 4) is 0 Å². The van der Waals surface area contributed by atoms with Crippen molar-refractivity contribution in [3.05, 3.63) is 22.9 Å². The van der Waals surface area contributed by atoms with Gasteiger partial charge in [-0.25, -0.2) is 14.6 Å². The summed E-state index contributed by atoms with van der Waals surface area (Å²) in [4.78, 5) is 24.8. The Kier molecular flexibility index (Phi) is 2.37. The number of nitrogens with zero attached hydrogens (tertiary/aromatic N) is 1. The number of anilines is 1. The van der Waals surface area contributed by atoms with Gasteiger partial charge < -0.3 is 15.9 Å². The van der Waals surface area contributed by atoms with Crippen molar-refractivity contribution >= 4 is 17.8 Å². The van der Waals surface area contributed by atoms with Crippen LogP contribution in [0.25, 0.3) is 0 Å². The van der Waals surface area contributed by atoms with E-state index in [1.54, 1.807) is 0 Å². The van der Waals surface area contributed by atoms with E-state index in [-0.39, 0.29) is 22.5 Å². The molecule has 1 aromatic heterocycles. The molecule has 14 heavy (non-hydrogen) atoms. The normalized spacial score (nSPS) is 9.79. The molecule has 0 aliphatic heterocycles. The predicted octanol–water partition coefficient (Wildman–Crippen LogP) is 0.369. The highest BCUT2D eigenvalue weighted by molar-refractivity contribution is 5.99. The quantitative estimate of drug-likeness (QED) is 0.629. The summed E-state index contributed by atoms with van der Waals surface area (Å²) in [6.07, 6.45) is 1.04. The van der Waals surface area contributed by atoms with Crippen molar-refractivity contribution in [3.63, 3.8) is 0 Å². The van der Waals surface area contributed by atoms with Crippen molar-refractivity contribution in [1.29, 1.82) is 0 Å². The molecule has 0 radical (unpaired) electrons. The Hall–Kier alpha value is -2.11. The number of nitrogens with two attached hydrogens (primary N) is 1. The van der Waals surface area contributed by atoms with Crippen molar-refractivity contribution in [2.75, 3.05) is 5.73 Å². The minimum absolute atomic E-state index is 0.109. The molecule has 6 heteroatoms. The Balaban J connectivity index is 3.49. The Morgan fingerprint density at radius 2 is 1.93 bits per heavy atom. The molecule has 0 amide bonds. The minimum Gasteiger partial charge on any atom is -0.478 e. The monoisotopic (exact) mass is 196 g/mol. The summed E-state index contributed by atoms with van der Waals surface area (Å²) in [6.45, 7) is 1.38. The van der Waals surface area contributed by atoms with E-state index in [1.807, 2.05) is 0 Å². The average molecular weight is 196 g/mol. The number of pyridine rings is 1. The van der Waals surface area contributed by atoms with Gasteiger partial charge in [0, 0.05) is 6.20 Å². The molecule has 1 rings (SSSR count). The van der Waals surface area contributed by atoms with Crippen LogP contribution in [0.2, 0.25) is 0 Å². The van der Waals surface area contributed by atoms with Gasteiger partial charge in [0.25, 0.3) is 0 Å². The third-order valence-corrected chi connectivity index (χ3v) is 1.81. The highest BCUT2D eigenvalue weighted by Crippen LogP contribution is 2.17. The summed E-state index contributed by atoms with van der Waals surface area (Å²) in [7, 11) is 0. The maximum atomic E-state index is 10.7. The number of nitrogen functional groups attached to an aromatic ring is 1. The summed E-state index contributed by atoms with van der Waals surface area (Å²) in [5.41, 5.74) is 5.00. The Morgan fingerprint density at radius 1 is 1.36 bits per heavy atom. The second kappa shape index (κ2) is 3.33. The van der Waals surface area contributed by atoms with Gasteiger partial charge >= 0.3 is 11.9 Å². The maximum Gasteiger partial charge on any atom is 0.339 e. The van der Waals surface area contributed by atoms with Gasteiger partial charge in [0.1, 0.15) is 11.4 Å². The molecule has 4 N–H and O–H groups in total. The van der Waals surface area contributed by atoms with Crippen LogP contribution in [0, 0.1) is 6.92 Å². The zero-order chi connectivity index (χ0) is 10.9. The molecule has 1 aromatic rings. The first-order valence-corrected chi connectivity index (χ1v) is 3.66. The van der Waals surface area contributed by atoms with E-state index < -0.39 is 11.9 Å². The molecular formula is C8H8N2O4. The fourth-order valence-corrected chi connectivity index (χ4v) is 1.11. The molecule has 0 saturated heterocycles. The molecule has 0 aromatic carbocycles. The van der Waals surface area contributed by atoms with Gasteiger partial charge in [-0.05, 0) is 12.5 Å². The number of hydrogen-bond acceptors (Lipinski definition) is 4. The van der Waals surface area contributed by atoms with Crippen molar-refractivity contribution in [1.82, 2.24) is 4.98 Å². The number of carbonyl (C=O) groups is 2. The molecule has 0 unspecified atom stereocenters. The molecule has 0 aliphatic carbocycles. The summed E-state index contributed by atoms with van der Waals surface area (Å²) in [5.74, 6) is -2.69. The van der Waals surface area contributed by atoms with Gasteiger partial charge in [0.2, 0.25) is 0 Å². The van der Waals surface area contributed by atoms with Crippen molar-refractivity contribution in [2.24, 2.45) is 0 Å². The summed E-state index contributed by atoms with van der Waals surface area (Å²) >= 11 is 0. The van der Waals surface area contributed by atoms with Crippen LogP contribution in [-0.4, -0.2) is 27.1 Å². The molecule has 0 saturated carbocycles. The van der Waals surface area contributed by atoms with Gasteiger partial charge in [0.05, 0.1) is 5.56 Å². The van der Waals surface area contributed by atoms with Crippen LogP contribution in [0.3, 0.4) is 0 Å². The second-order valence-corrected chi connectivity index (χ2v) is 2.67. The number of aromatic carboxylic acids is 2. The number of carboxylic acids is 2. The predicted molar refractivity (Wildman–Crippen MR) is 47.3 cm³/mol. The summed E-state index contributed by atoms with van der Waals surface area (Å²) in [5, 5.41) is 17.4. The Morgan fingerprint density at radius 3 is 2.36 bits per heavy atom. The van der Waals surface area contributed by atoms with Gasteiger partial charge in [0.15, 0.2) is 0 Å². The van der Waals surface area contributed by atoms with E-state index in [2.05, 4.69) is 4.98 Å². The lowest BCUT2D eigenvalue weighted by Crippen LogP contribution is -2.12. The average Bonchev–Trinajstić information content (AvgIpc) is 2.02. The van der Waals surface area contributed by atoms with Gasteiger partial charge in [-0.2, -0.15) is 0 Å². The van der Waals surface area contributed by atoms with E-state index in [1.165, 1.54) is 6.92 Å². The minimum atomic E-state index is -1.28. The molecule has 0 bridgehead atoms. The molecule has 74 valence electrons. The second-order valence-electron chi connectivity index (χ2n) is 2.67. The first kappa shape index (κ1) is 9.97. The highest BCUT2D eigenvalue weighted by Gasteiger charge is 2.18. The lowest BCUT2D eigenvalue weighted by Gasteiger charge is -2.06. The summed E-state index contributed by atoms with van der Waals surface area (Å²) < 4.78 is 0. The van der Waals surface area contributed by atoms with Gasteiger partial charge in [-0.15, -0.1) is 0 Å². The van der Waals surface area contributed by atoms with Crippen LogP contribution in [0.15, 0.2) is 6.20 Å². The highest BCUT2D eigenvalue weighted by atomic mass is 16.4. The Bertz CT molecular complexity index is 414. The third kappa shape index (κ3) is 1.49. The molecule has 6 nitrogen and oxygen atoms in total. The summed E-state index contributed by atoms with van der Waals surface area (Å²) in [6, 6.07) is 0. The van der Waals surface area contributed by atoms with Crippen LogP contribution in [0.5, 0.6) is 0 Å². The van der Waals surface area contributed by atoms with Crippen LogP contribution in [0.4, 0.5) is 5.82 Å². The SMILES string of the molecule is Cc1c(C(=O)O)cnc(N)c1C(=O)O. The first-order valence-electron chi connectivity index (χ1n) is 3.66. The van der Waals surface area contributed by atoms with Crippen LogP contribution in [-0.2, 0) is 0 Å². The van der Waals surface area contributed by atoms with Gasteiger partial charge in [-0.1, -0.05) is 0 Å². The molecule has 0 fully saturated rings. The molecule has 1 heterocycles. The van der Waals surface area contributed by atoms with Crippen molar-refractivity contribution in [2.45, 2.75) is 6.92 Å². The molecule has 0 atom stereocenters. The number of hydrogen-bond donors (Lipinski definition) is 3. The lowest BCUT2D eigenvalue weighted by atomic mass is 10.1. The van der Waals surface area contributed by atoms with E-state index in [4.69, 9.17) is 15.9 Å². The lowest BCUT2D eigenvalue weighted by molar-refractivity contribution is 0.0695. The smallest absolute Gasteiger partial charge is 0.339 e. The van der Waals surface area contributed by atoms with Crippen LogP contribution >= 0.6 is 0 Å². The molecule has 0 aliphatic rings. The topological polar surface area (TPSA) is 114 Å². The molecular weight excluding hydrogens is 188 g/mol. The van der Waals surface area contributed by atoms with E-state index in [9.17, 15) is 9.59 Å². The van der Waals surface area contributed by atoms with Crippen molar-refractivity contribution < 1.29 is 19.8 Å². The zero-order valence-electron chi connectivity index (χ0n) is 7.31. The van der Waals surface area contributed by atoms with Gasteiger partial charge in [-0.3, -0.25) is 0 Å². The maximum absolute atomic E-state index is 10.7. The van der Waals surface area contributed by atoms with E-state index in [0.717, 1.165) is 6.20 Å². The third-order valence-electron chi connectivity index (χ3n) is 1.81. The fraction of sp³-hybridized carbons (Fsp3) is 0.125. The largest absolute Gasteiger partial charge is 0.478 e. The molecule has 0 spiro atoms. The zero-order valence-corrected chi connectivity index (χ0v) is 7.31. The van der Waals surface area contributed by atoms with Crippen LogP contribution < -0.4 is 5.73 Å².